The Bertz CT molecular complexity index is 636. The topological polar surface area (TPSA) is 86.7 Å². The predicted octanol–water partition coefficient (Wildman–Crippen LogP) is 1.76. The Labute approximate surface area is 115 Å². The van der Waals surface area contributed by atoms with Gasteiger partial charge in [0.25, 0.3) is 5.91 Å². The van der Waals surface area contributed by atoms with Gasteiger partial charge in [-0.1, -0.05) is 0 Å². The zero-order valence-electron chi connectivity index (χ0n) is 10.7. The second-order valence-electron chi connectivity index (χ2n) is 4.28. The number of rotatable bonds is 3. The molecule has 0 aliphatic carbocycles. The Balaban J connectivity index is 1.75. The van der Waals surface area contributed by atoms with Crippen molar-refractivity contribution in [3.05, 3.63) is 41.9 Å². The first-order valence-corrected chi connectivity index (χ1v) is 6.26. The van der Waals surface area contributed by atoms with Crippen molar-refractivity contribution in [1.29, 1.82) is 0 Å². The summed E-state index contributed by atoms with van der Waals surface area (Å²) in [6.45, 7) is 1.30. The average Bonchev–Trinajstić information content (AvgIpc) is 2.96. The molecule has 0 unspecified atom stereocenters. The normalized spacial score (nSPS) is 13.1. The molecular weight excluding hydrogens is 260 g/mol. The Hall–Kier alpha value is -2.47. The Morgan fingerprint density at radius 1 is 1.15 bits per heavy atom. The molecule has 3 rings (SSSR count). The lowest BCUT2D eigenvalue weighted by Gasteiger charge is -2.18. The van der Waals surface area contributed by atoms with E-state index in [4.69, 9.17) is 19.6 Å². The Morgan fingerprint density at radius 3 is 2.70 bits per heavy atom. The molecule has 6 heteroatoms. The highest BCUT2D eigenvalue weighted by Crippen LogP contribution is 2.32. The lowest BCUT2D eigenvalue weighted by molar-refractivity contribution is 0.0995. The number of furan rings is 1. The largest absolute Gasteiger partial charge is 0.486 e. The molecule has 0 radical (unpaired) electrons. The first kappa shape index (κ1) is 12.6. The lowest BCUT2D eigenvalue weighted by Crippen LogP contribution is -2.16. The molecular formula is C14H14N2O4. The number of carbonyl (C=O) groups is 1. The van der Waals surface area contributed by atoms with Gasteiger partial charge in [-0.3, -0.25) is 4.79 Å². The van der Waals surface area contributed by atoms with Gasteiger partial charge in [0.1, 0.15) is 19.0 Å². The molecule has 0 saturated heterocycles. The summed E-state index contributed by atoms with van der Waals surface area (Å²) in [7, 11) is 0. The molecule has 1 amide bonds. The van der Waals surface area contributed by atoms with Crippen molar-refractivity contribution in [3.8, 4) is 11.5 Å². The highest BCUT2D eigenvalue weighted by atomic mass is 16.6. The lowest BCUT2D eigenvalue weighted by atomic mass is 10.2. The maximum Gasteiger partial charge on any atom is 0.291 e. The van der Waals surface area contributed by atoms with Crippen molar-refractivity contribution in [3.63, 3.8) is 0 Å². The van der Waals surface area contributed by atoms with E-state index in [9.17, 15) is 4.79 Å². The van der Waals surface area contributed by atoms with Crippen LogP contribution in [-0.4, -0.2) is 19.1 Å². The van der Waals surface area contributed by atoms with Crippen molar-refractivity contribution in [2.45, 2.75) is 6.54 Å². The molecule has 6 nitrogen and oxygen atoms in total. The van der Waals surface area contributed by atoms with E-state index in [1.807, 2.05) is 0 Å². The molecule has 0 atom stereocenters. The van der Waals surface area contributed by atoms with Gasteiger partial charge in [-0.2, -0.15) is 0 Å². The molecule has 1 aromatic heterocycles. The van der Waals surface area contributed by atoms with E-state index in [-0.39, 0.29) is 18.2 Å². The number of anilines is 1. The third-order valence-electron chi connectivity index (χ3n) is 2.89. The fourth-order valence-corrected chi connectivity index (χ4v) is 1.92. The number of carbonyl (C=O) groups excluding carboxylic acids is 1. The number of nitrogens with one attached hydrogen (secondary N) is 1. The molecule has 3 N–H and O–H groups in total. The van der Waals surface area contributed by atoms with Gasteiger partial charge in [0.05, 0.1) is 6.54 Å². The fourth-order valence-electron chi connectivity index (χ4n) is 1.92. The van der Waals surface area contributed by atoms with Crippen LogP contribution in [0.25, 0.3) is 0 Å². The Kier molecular flexibility index (Phi) is 3.30. The van der Waals surface area contributed by atoms with Crippen LogP contribution in [0.2, 0.25) is 0 Å². The van der Waals surface area contributed by atoms with Crippen LogP contribution in [0, 0.1) is 0 Å². The third kappa shape index (κ3) is 2.46. The van der Waals surface area contributed by atoms with Crippen molar-refractivity contribution in [1.82, 2.24) is 0 Å². The van der Waals surface area contributed by atoms with E-state index in [1.165, 1.54) is 0 Å². The molecule has 2 aromatic rings. The highest BCUT2D eigenvalue weighted by Gasteiger charge is 2.15. The zero-order valence-corrected chi connectivity index (χ0v) is 10.7. The van der Waals surface area contributed by atoms with Gasteiger partial charge in [-0.15, -0.1) is 0 Å². The second kappa shape index (κ2) is 5.26. The van der Waals surface area contributed by atoms with Crippen LogP contribution in [0.5, 0.6) is 11.5 Å². The fraction of sp³-hybridized carbons (Fsp3) is 0.214. The summed E-state index contributed by atoms with van der Waals surface area (Å²) in [5.41, 5.74) is 6.05. The third-order valence-corrected chi connectivity index (χ3v) is 2.89. The zero-order chi connectivity index (χ0) is 13.9. The average molecular weight is 274 g/mol. The van der Waals surface area contributed by atoms with E-state index in [2.05, 4.69) is 5.32 Å². The van der Waals surface area contributed by atoms with E-state index in [0.29, 0.717) is 36.2 Å². The van der Waals surface area contributed by atoms with Gasteiger partial charge in [-0.05, 0) is 24.3 Å². The summed E-state index contributed by atoms with van der Waals surface area (Å²) in [5, 5.41) is 2.74. The number of fused-ring (bicyclic) bond motifs is 1. The SMILES string of the molecule is NCc1ccc(C(=O)Nc2ccc3c(c2)OCCO3)o1. The minimum Gasteiger partial charge on any atom is -0.486 e. The van der Waals surface area contributed by atoms with E-state index in [1.54, 1.807) is 30.3 Å². The van der Waals surface area contributed by atoms with Crippen molar-refractivity contribution >= 4 is 11.6 Å². The summed E-state index contributed by atoms with van der Waals surface area (Å²) in [5.74, 6) is 1.76. The van der Waals surface area contributed by atoms with Gasteiger partial charge in [0.2, 0.25) is 0 Å². The van der Waals surface area contributed by atoms with Gasteiger partial charge < -0.3 is 24.9 Å². The Morgan fingerprint density at radius 2 is 1.95 bits per heavy atom. The van der Waals surface area contributed by atoms with Crippen LogP contribution in [-0.2, 0) is 6.54 Å². The van der Waals surface area contributed by atoms with Gasteiger partial charge in [-0.25, -0.2) is 0 Å². The molecule has 0 saturated carbocycles. The van der Waals surface area contributed by atoms with Gasteiger partial charge >= 0.3 is 0 Å². The van der Waals surface area contributed by atoms with Crippen molar-refractivity contribution in [2.75, 3.05) is 18.5 Å². The summed E-state index contributed by atoms with van der Waals surface area (Å²) < 4.78 is 16.2. The van der Waals surface area contributed by atoms with Crippen molar-refractivity contribution in [2.24, 2.45) is 5.73 Å². The van der Waals surface area contributed by atoms with Gasteiger partial charge in [0.15, 0.2) is 17.3 Å². The number of nitrogens with two attached hydrogens (primary N) is 1. The number of hydrogen-bond donors (Lipinski definition) is 2. The predicted molar refractivity (Wildman–Crippen MR) is 72.0 cm³/mol. The van der Waals surface area contributed by atoms with Crippen molar-refractivity contribution < 1.29 is 18.7 Å². The van der Waals surface area contributed by atoms with Crippen LogP contribution in [0.15, 0.2) is 34.7 Å². The standard InChI is InChI=1S/C14H14N2O4/c15-8-10-2-4-12(20-10)14(17)16-9-1-3-11-13(7-9)19-6-5-18-11/h1-4,7H,5-6,8,15H2,(H,16,17). The van der Waals surface area contributed by atoms with E-state index >= 15 is 0 Å². The molecule has 20 heavy (non-hydrogen) atoms. The minimum atomic E-state index is -0.332. The monoisotopic (exact) mass is 274 g/mol. The van der Waals surface area contributed by atoms with E-state index in [0.717, 1.165) is 0 Å². The molecule has 0 fully saturated rings. The molecule has 0 bridgehead atoms. The number of ether oxygens (including phenoxy) is 2. The van der Waals surface area contributed by atoms with Crippen LogP contribution in [0.4, 0.5) is 5.69 Å². The van der Waals surface area contributed by atoms with E-state index < -0.39 is 0 Å². The molecule has 2 heterocycles. The summed E-state index contributed by atoms with van der Waals surface area (Å²) in [6.07, 6.45) is 0. The molecule has 1 aliphatic rings. The number of amides is 1. The molecule has 104 valence electrons. The highest BCUT2D eigenvalue weighted by molar-refractivity contribution is 6.02. The minimum absolute atomic E-state index is 0.223. The first-order valence-electron chi connectivity index (χ1n) is 6.26. The number of hydrogen-bond acceptors (Lipinski definition) is 5. The number of benzene rings is 1. The summed E-state index contributed by atoms with van der Waals surface area (Å²) in [6, 6.07) is 8.50. The second-order valence-corrected chi connectivity index (χ2v) is 4.28. The summed E-state index contributed by atoms with van der Waals surface area (Å²) >= 11 is 0. The maximum absolute atomic E-state index is 12.0. The van der Waals surface area contributed by atoms with Crippen LogP contribution in [0.3, 0.4) is 0 Å². The smallest absolute Gasteiger partial charge is 0.291 e. The summed E-state index contributed by atoms with van der Waals surface area (Å²) in [4.78, 5) is 12.0. The van der Waals surface area contributed by atoms with Crippen LogP contribution >= 0.6 is 0 Å². The molecule has 1 aromatic carbocycles. The maximum atomic E-state index is 12.0. The first-order chi connectivity index (χ1) is 9.76. The molecule has 1 aliphatic heterocycles. The van der Waals surface area contributed by atoms with Crippen LogP contribution in [0.1, 0.15) is 16.3 Å². The van der Waals surface area contributed by atoms with Gasteiger partial charge in [0, 0.05) is 11.8 Å². The quantitative estimate of drug-likeness (QED) is 0.890. The van der Waals surface area contributed by atoms with Crippen LogP contribution < -0.4 is 20.5 Å². The molecule has 0 spiro atoms.